The first kappa shape index (κ1) is 18.9. The highest BCUT2D eigenvalue weighted by atomic mass is 35.5. The Morgan fingerprint density at radius 1 is 0.917 bits per heavy atom. The number of ketones is 1. The highest BCUT2D eigenvalue weighted by Crippen LogP contribution is 2.32. The number of hydrogen-bond donors (Lipinski definition) is 0. The summed E-state index contributed by atoms with van der Waals surface area (Å²) in [5.41, 5.74) is 1.91. The van der Waals surface area contributed by atoms with Crippen molar-refractivity contribution >= 4 is 42.3 Å². The molecule has 3 nitrogen and oxygen atoms in total. The lowest BCUT2D eigenvalue weighted by atomic mass is 10.0. The number of benzene rings is 2. The monoisotopic (exact) mass is 382 g/mol. The van der Waals surface area contributed by atoms with Crippen molar-refractivity contribution < 1.29 is 14.2 Å². The zero-order chi connectivity index (χ0) is 17.9. The fraction of sp³-hybridized carbons (Fsp3) is 0.222. The summed E-state index contributed by atoms with van der Waals surface area (Å²) in [6.07, 6.45) is -0.0183. The molecule has 0 saturated heterocycles. The van der Waals surface area contributed by atoms with Gasteiger partial charge in [0.2, 0.25) is 5.52 Å². The molecular weight excluding hydrogens is 366 g/mol. The van der Waals surface area contributed by atoms with Crippen LogP contribution in [0.3, 0.4) is 0 Å². The molecule has 0 aromatic heterocycles. The molecule has 6 heteroatoms. The van der Waals surface area contributed by atoms with E-state index >= 15 is 0 Å². The molecule has 2 rings (SSSR count). The third-order valence-electron chi connectivity index (χ3n) is 3.78. The van der Waals surface area contributed by atoms with E-state index in [4.69, 9.17) is 23.2 Å². The molecule has 0 N–H and O–H groups in total. The molecular formula is C18H17Cl2O3P. The van der Waals surface area contributed by atoms with Crippen molar-refractivity contribution in [1.29, 1.82) is 0 Å². The zero-order valence-electron chi connectivity index (χ0n) is 13.4. The number of Topliss-reactive ketones (excluding diaryl/α,β-unsaturated/α-hetero) is 1. The fourth-order valence-electron chi connectivity index (χ4n) is 2.54. The Kier molecular flexibility index (Phi) is 6.40. The van der Waals surface area contributed by atoms with Crippen LogP contribution in [0.1, 0.15) is 38.3 Å². The molecule has 0 heterocycles. The van der Waals surface area contributed by atoms with E-state index in [1.165, 1.54) is 0 Å². The van der Waals surface area contributed by atoms with Crippen molar-refractivity contribution in [2.75, 3.05) is 6.16 Å². The van der Waals surface area contributed by atoms with E-state index in [1.807, 2.05) is 32.0 Å². The summed E-state index contributed by atoms with van der Waals surface area (Å²) in [6.45, 7) is 3.62. The molecule has 0 fully saturated rings. The lowest BCUT2D eigenvalue weighted by Gasteiger charge is -2.09. The SMILES string of the molecule is Cc1cccc(C)c1C(=O)[PH](=O)CCC(=O)c1c(Cl)cccc1Cl. The summed E-state index contributed by atoms with van der Waals surface area (Å²) < 4.78 is 12.4. The molecule has 126 valence electrons. The van der Waals surface area contributed by atoms with Gasteiger partial charge in [0.1, 0.15) is 7.80 Å². The van der Waals surface area contributed by atoms with Crippen LogP contribution in [0.15, 0.2) is 36.4 Å². The predicted octanol–water partition coefficient (Wildman–Crippen LogP) is 5.58. The van der Waals surface area contributed by atoms with Crippen LogP contribution in [-0.2, 0) is 4.57 Å². The zero-order valence-corrected chi connectivity index (χ0v) is 15.9. The third-order valence-corrected chi connectivity index (χ3v) is 5.87. The highest BCUT2D eigenvalue weighted by Gasteiger charge is 2.21. The molecule has 0 aliphatic heterocycles. The summed E-state index contributed by atoms with van der Waals surface area (Å²) in [5.74, 6) is -0.307. The first-order chi connectivity index (χ1) is 11.3. The van der Waals surface area contributed by atoms with Crippen LogP contribution in [0.5, 0.6) is 0 Å². The molecule has 1 atom stereocenters. The fourth-order valence-corrected chi connectivity index (χ4v) is 4.50. The summed E-state index contributed by atoms with van der Waals surface area (Å²) in [5, 5.41) is 0.515. The van der Waals surface area contributed by atoms with Gasteiger partial charge in [-0.3, -0.25) is 9.59 Å². The summed E-state index contributed by atoms with van der Waals surface area (Å²) in [7, 11) is -2.59. The van der Waals surface area contributed by atoms with Gasteiger partial charge < -0.3 is 4.57 Å². The number of carbonyl (C=O) groups excluding carboxylic acids is 2. The average Bonchev–Trinajstić information content (AvgIpc) is 2.52. The molecule has 0 saturated carbocycles. The predicted molar refractivity (Wildman–Crippen MR) is 99.5 cm³/mol. The van der Waals surface area contributed by atoms with Gasteiger partial charge >= 0.3 is 0 Å². The van der Waals surface area contributed by atoms with Gasteiger partial charge in [-0.15, -0.1) is 0 Å². The average molecular weight is 383 g/mol. The standard InChI is InChI=1S/C18H17Cl2O3P/c1-11-5-3-6-12(2)16(11)18(22)24(23)10-9-15(21)17-13(19)7-4-8-14(17)20/h3-8,24H,9-10H2,1-2H3. The molecule has 2 aromatic carbocycles. The summed E-state index contributed by atoms with van der Waals surface area (Å²) in [6, 6.07) is 10.3. The Morgan fingerprint density at radius 3 is 1.96 bits per heavy atom. The van der Waals surface area contributed by atoms with Crippen LogP contribution in [0.2, 0.25) is 10.0 Å². The van der Waals surface area contributed by atoms with E-state index in [2.05, 4.69) is 0 Å². The minimum Gasteiger partial charge on any atom is -0.318 e. The summed E-state index contributed by atoms with van der Waals surface area (Å²) >= 11 is 12.0. The van der Waals surface area contributed by atoms with E-state index in [1.54, 1.807) is 18.2 Å². The second kappa shape index (κ2) is 8.11. The lowest BCUT2D eigenvalue weighted by molar-refractivity contribution is 0.0989. The number of aryl methyl sites for hydroxylation is 2. The molecule has 2 aromatic rings. The Labute approximate surface area is 151 Å². The van der Waals surface area contributed by atoms with Gasteiger partial charge in [-0.2, -0.15) is 0 Å². The number of hydrogen-bond acceptors (Lipinski definition) is 3. The lowest BCUT2D eigenvalue weighted by Crippen LogP contribution is -2.06. The van der Waals surface area contributed by atoms with Crippen molar-refractivity contribution in [2.45, 2.75) is 20.3 Å². The van der Waals surface area contributed by atoms with Crippen LogP contribution in [-0.4, -0.2) is 17.5 Å². The quantitative estimate of drug-likeness (QED) is 0.483. The van der Waals surface area contributed by atoms with Gasteiger partial charge in [-0.05, 0) is 37.1 Å². The van der Waals surface area contributed by atoms with Gasteiger partial charge in [0.05, 0.1) is 15.6 Å². The molecule has 0 radical (unpaired) electrons. The van der Waals surface area contributed by atoms with Gasteiger partial charge in [0, 0.05) is 18.1 Å². The molecule has 0 bridgehead atoms. The maximum absolute atomic E-state index is 12.4. The van der Waals surface area contributed by atoms with Crippen molar-refractivity contribution in [1.82, 2.24) is 0 Å². The van der Waals surface area contributed by atoms with E-state index in [-0.39, 0.29) is 39.5 Å². The smallest absolute Gasteiger partial charge is 0.219 e. The van der Waals surface area contributed by atoms with Gasteiger partial charge in [-0.25, -0.2) is 0 Å². The van der Waals surface area contributed by atoms with Crippen molar-refractivity contribution in [3.05, 3.63) is 68.7 Å². The Morgan fingerprint density at radius 2 is 1.42 bits per heavy atom. The molecule has 0 aliphatic carbocycles. The van der Waals surface area contributed by atoms with Crippen LogP contribution >= 0.6 is 31.0 Å². The molecule has 0 aliphatic rings. The minimum absolute atomic E-state index is 0.0116. The third kappa shape index (κ3) is 4.16. The Bertz CT molecular complexity index is 791. The van der Waals surface area contributed by atoms with Crippen LogP contribution in [0.4, 0.5) is 0 Å². The van der Waals surface area contributed by atoms with E-state index < -0.39 is 7.80 Å². The molecule has 0 spiro atoms. The van der Waals surface area contributed by atoms with Crippen molar-refractivity contribution in [2.24, 2.45) is 0 Å². The molecule has 24 heavy (non-hydrogen) atoms. The van der Waals surface area contributed by atoms with Gasteiger partial charge in [-0.1, -0.05) is 47.5 Å². The normalized spacial score (nSPS) is 12.0. The van der Waals surface area contributed by atoms with Crippen LogP contribution in [0.25, 0.3) is 0 Å². The Balaban J connectivity index is 2.11. The van der Waals surface area contributed by atoms with E-state index in [0.717, 1.165) is 11.1 Å². The Hall–Kier alpha value is -1.41. The van der Waals surface area contributed by atoms with Crippen LogP contribution < -0.4 is 0 Å². The second-order valence-electron chi connectivity index (χ2n) is 5.54. The van der Waals surface area contributed by atoms with Gasteiger partial charge in [0.15, 0.2) is 5.78 Å². The van der Waals surface area contributed by atoms with E-state index in [9.17, 15) is 14.2 Å². The topological polar surface area (TPSA) is 51.2 Å². The summed E-state index contributed by atoms with van der Waals surface area (Å²) in [4.78, 5) is 24.7. The van der Waals surface area contributed by atoms with E-state index in [0.29, 0.717) is 5.56 Å². The van der Waals surface area contributed by atoms with Crippen molar-refractivity contribution in [3.63, 3.8) is 0 Å². The maximum atomic E-state index is 12.4. The molecule has 1 unspecified atom stereocenters. The van der Waals surface area contributed by atoms with Crippen LogP contribution in [0, 0.1) is 13.8 Å². The highest BCUT2D eigenvalue weighted by molar-refractivity contribution is 7.64. The second-order valence-corrected chi connectivity index (χ2v) is 8.15. The first-order valence-corrected chi connectivity index (χ1v) is 9.81. The van der Waals surface area contributed by atoms with Gasteiger partial charge in [0.25, 0.3) is 0 Å². The number of rotatable bonds is 6. The number of halogens is 2. The minimum atomic E-state index is -2.59. The molecule has 0 amide bonds. The largest absolute Gasteiger partial charge is 0.318 e. The van der Waals surface area contributed by atoms with Crippen molar-refractivity contribution in [3.8, 4) is 0 Å². The number of carbonyl (C=O) groups is 2. The first-order valence-electron chi connectivity index (χ1n) is 7.44. The maximum Gasteiger partial charge on any atom is 0.219 e.